The summed E-state index contributed by atoms with van der Waals surface area (Å²) in [5.74, 6) is 11.6. The molecule has 46 heavy (non-hydrogen) atoms. The average Bonchev–Trinajstić information content (AvgIpc) is 3.07. The summed E-state index contributed by atoms with van der Waals surface area (Å²) in [6.07, 6.45) is 1.13. The monoisotopic (exact) mass is 620 g/mol. The van der Waals surface area contributed by atoms with E-state index in [9.17, 15) is 14.7 Å². The number of carbonyl (C=O) groups is 2. The van der Waals surface area contributed by atoms with Gasteiger partial charge in [-0.1, -0.05) is 74.4 Å². The molecule has 8 nitrogen and oxygen atoms in total. The summed E-state index contributed by atoms with van der Waals surface area (Å²) < 4.78 is 17.0. The van der Waals surface area contributed by atoms with Crippen LogP contribution in [0, 0.1) is 29.6 Å². The highest BCUT2D eigenvalue weighted by Crippen LogP contribution is 2.35. The molecular formula is C38H40N2O6. The first-order valence-electron chi connectivity index (χ1n) is 15.4. The maximum atomic E-state index is 11.9. The Bertz CT molecular complexity index is 1610. The molecule has 4 rings (SSSR count). The van der Waals surface area contributed by atoms with Gasteiger partial charge in [0.25, 0.3) is 0 Å². The lowest BCUT2D eigenvalue weighted by molar-refractivity contribution is -0.144. The van der Waals surface area contributed by atoms with Crippen molar-refractivity contribution in [3.8, 4) is 35.2 Å². The number of ether oxygens (including phenoxy) is 3. The van der Waals surface area contributed by atoms with Gasteiger partial charge in [-0.2, -0.15) is 0 Å². The van der Waals surface area contributed by atoms with Crippen molar-refractivity contribution in [1.29, 1.82) is 0 Å². The van der Waals surface area contributed by atoms with Crippen LogP contribution >= 0.6 is 0 Å². The highest BCUT2D eigenvalue weighted by Gasteiger charge is 2.27. The Morgan fingerprint density at radius 1 is 0.935 bits per heavy atom. The molecule has 0 bridgehead atoms. The van der Waals surface area contributed by atoms with Gasteiger partial charge in [0, 0.05) is 26.0 Å². The summed E-state index contributed by atoms with van der Waals surface area (Å²) in [5, 5.41) is 15.4. The van der Waals surface area contributed by atoms with Gasteiger partial charge in [-0.3, -0.25) is 14.9 Å². The van der Waals surface area contributed by atoms with E-state index in [-0.39, 0.29) is 36.7 Å². The maximum absolute atomic E-state index is 11.9. The van der Waals surface area contributed by atoms with Gasteiger partial charge in [-0.05, 0) is 82.7 Å². The van der Waals surface area contributed by atoms with Crippen LogP contribution in [0.15, 0.2) is 78.9 Å². The van der Waals surface area contributed by atoms with Crippen molar-refractivity contribution in [1.82, 2.24) is 10.6 Å². The van der Waals surface area contributed by atoms with Crippen molar-refractivity contribution in [3.63, 3.8) is 0 Å². The molecule has 0 radical (unpaired) electrons. The van der Waals surface area contributed by atoms with Crippen LogP contribution in [0.4, 0.5) is 0 Å². The second-order valence-corrected chi connectivity index (χ2v) is 10.8. The van der Waals surface area contributed by atoms with Gasteiger partial charge < -0.3 is 24.6 Å². The normalized spacial score (nSPS) is 16.1. The van der Waals surface area contributed by atoms with Crippen molar-refractivity contribution < 1.29 is 28.9 Å². The van der Waals surface area contributed by atoms with E-state index in [0.717, 1.165) is 28.7 Å². The number of amides is 2. The van der Waals surface area contributed by atoms with E-state index in [1.165, 1.54) is 5.57 Å². The Kier molecular flexibility index (Phi) is 13.0. The zero-order valence-corrected chi connectivity index (χ0v) is 26.5. The Hall–Kier alpha value is -4.86. The molecule has 0 saturated carbocycles. The van der Waals surface area contributed by atoms with Crippen molar-refractivity contribution in [2.75, 3.05) is 26.9 Å². The fourth-order valence-electron chi connectivity index (χ4n) is 5.21. The fraction of sp³-hybridized carbons (Fsp3) is 0.316. The number of carbonyl (C=O) groups excluding carboxylic acids is 2. The lowest BCUT2D eigenvalue weighted by Crippen LogP contribution is -2.52. The predicted octanol–water partition coefficient (Wildman–Crippen LogP) is 5.17. The van der Waals surface area contributed by atoms with Crippen LogP contribution in [0.3, 0.4) is 0 Å². The number of piperidine rings is 1. The van der Waals surface area contributed by atoms with Crippen LogP contribution in [-0.4, -0.2) is 56.1 Å². The largest absolute Gasteiger partial charge is 0.508 e. The molecule has 1 aliphatic rings. The number of benzene rings is 3. The Morgan fingerprint density at radius 2 is 1.59 bits per heavy atom. The first-order valence-corrected chi connectivity index (χ1v) is 15.4. The lowest BCUT2D eigenvalue weighted by atomic mass is 9.88. The molecule has 3 N–H and O–H groups in total. The first kappa shape index (κ1) is 34.0. The highest BCUT2D eigenvalue weighted by molar-refractivity contribution is 6.00. The highest BCUT2D eigenvalue weighted by atomic mass is 16.7. The third-order valence-electron chi connectivity index (χ3n) is 7.57. The number of allylic oxidation sites excluding steroid dienone is 1. The van der Waals surface area contributed by atoms with Gasteiger partial charge in [0.1, 0.15) is 24.7 Å². The van der Waals surface area contributed by atoms with Gasteiger partial charge in [-0.25, -0.2) is 0 Å². The molecule has 1 saturated heterocycles. The summed E-state index contributed by atoms with van der Waals surface area (Å²) >= 11 is 0. The molecule has 0 aliphatic carbocycles. The molecular weight excluding hydrogens is 580 g/mol. The second-order valence-electron chi connectivity index (χ2n) is 10.8. The van der Waals surface area contributed by atoms with Crippen LogP contribution in [-0.2, 0) is 19.1 Å². The molecule has 3 aromatic rings. The van der Waals surface area contributed by atoms with E-state index < -0.39 is 12.3 Å². The van der Waals surface area contributed by atoms with E-state index >= 15 is 0 Å². The molecule has 3 atom stereocenters. The minimum absolute atomic E-state index is 0.0531. The zero-order chi connectivity index (χ0) is 32.7. The molecule has 3 aromatic carbocycles. The summed E-state index contributed by atoms with van der Waals surface area (Å²) in [7, 11) is 1.56. The number of imide groups is 1. The molecule has 1 fully saturated rings. The van der Waals surface area contributed by atoms with E-state index in [1.807, 2.05) is 61.5 Å². The molecule has 1 aliphatic heterocycles. The quantitative estimate of drug-likeness (QED) is 0.105. The molecule has 3 unspecified atom stereocenters. The first-order chi connectivity index (χ1) is 22.4. The van der Waals surface area contributed by atoms with Crippen LogP contribution in [0.2, 0.25) is 0 Å². The van der Waals surface area contributed by atoms with E-state index in [2.05, 4.69) is 53.4 Å². The van der Waals surface area contributed by atoms with E-state index in [0.29, 0.717) is 25.1 Å². The minimum atomic E-state index is -0.514. The van der Waals surface area contributed by atoms with Gasteiger partial charge in [0.15, 0.2) is 6.29 Å². The van der Waals surface area contributed by atoms with Crippen molar-refractivity contribution in [3.05, 3.63) is 95.6 Å². The van der Waals surface area contributed by atoms with Gasteiger partial charge in [0.2, 0.25) is 11.8 Å². The SMILES string of the molecule is CC/C(=C(\c1ccc(O)cc1)c1ccc(OCC#CC#CCOC(OC)C(C)CNC2CCC(=O)NC2=O)cc1)c1ccccc1. The standard InChI is InChI=1S/C38H40N2O6/c1-4-33(28-12-8-7-9-13-28)36(29-14-18-31(41)19-15-29)30-16-20-32(21-17-30)45-24-10-5-6-11-25-46-38(44-3)27(2)26-39-34-22-23-35(42)40-37(34)43/h7-9,12-21,27,34,38-39,41H,4,22-26H2,1-3H3,(H,40,42,43)/b36-33-. The molecule has 238 valence electrons. The summed E-state index contributed by atoms with van der Waals surface area (Å²) in [5.41, 5.74) is 5.54. The van der Waals surface area contributed by atoms with E-state index in [1.54, 1.807) is 19.2 Å². The third kappa shape index (κ3) is 9.82. The lowest BCUT2D eigenvalue weighted by Gasteiger charge is -2.26. The third-order valence-corrected chi connectivity index (χ3v) is 7.57. The average molecular weight is 621 g/mol. The predicted molar refractivity (Wildman–Crippen MR) is 178 cm³/mol. The Morgan fingerprint density at radius 3 is 2.22 bits per heavy atom. The number of aromatic hydroxyl groups is 1. The molecule has 1 heterocycles. The van der Waals surface area contributed by atoms with Crippen LogP contribution in [0.5, 0.6) is 11.5 Å². The Balaban J connectivity index is 1.29. The topological polar surface area (TPSA) is 106 Å². The molecule has 8 heteroatoms. The number of phenols is 1. The van der Waals surface area contributed by atoms with Crippen molar-refractivity contribution in [2.24, 2.45) is 5.92 Å². The van der Waals surface area contributed by atoms with E-state index in [4.69, 9.17) is 14.2 Å². The van der Waals surface area contributed by atoms with Gasteiger partial charge in [-0.15, -0.1) is 0 Å². The van der Waals surface area contributed by atoms with Crippen LogP contribution in [0.1, 0.15) is 49.8 Å². The minimum Gasteiger partial charge on any atom is -0.508 e. The number of hydrogen-bond donors (Lipinski definition) is 3. The molecule has 0 aromatic heterocycles. The Labute approximate surface area is 271 Å². The zero-order valence-electron chi connectivity index (χ0n) is 26.5. The maximum Gasteiger partial charge on any atom is 0.243 e. The number of nitrogens with one attached hydrogen (secondary N) is 2. The number of hydrogen-bond acceptors (Lipinski definition) is 7. The smallest absolute Gasteiger partial charge is 0.243 e. The second kappa shape index (κ2) is 17.6. The van der Waals surface area contributed by atoms with Crippen molar-refractivity contribution in [2.45, 2.75) is 45.4 Å². The molecule has 2 amide bonds. The summed E-state index contributed by atoms with van der Waals surface area (Å²) in [6.45, 7) is 4.90. The van der Waals surface area contributed by atoms with Crippen LogP contribution < -0.4 is 15.4 Å². The van der Waals surface area contributed by atoms with Gasteiger partial charge in [0.05, 0.1) is 6.04 Å². The fourth-order valence-corrected chi connectivity index (χ4v) is 5.21. The number of phenolic OH excluding ortho intramolecular Hbond substituents is 1. The van der Waals surface area contributed by atoms with Gasteiger partial charge >= 0.3 is 0 Å². The summed E-state index contributed by atoms with van der Waals surface area (Å²) in [4.78, 5) is 23.2. The number of methoxy groups -OCH3 is 1. The summed E-state index contributed by atoms with van der Waals surface area (Å²) in [6, 6.07) is 25.1. The molecule has 0 spiro atoms. The van der Waals surface area contributed by atoms with Crippen molar-refractivity contribution >= 4 is 23.0 Å². The number of rotatable bonds is 13. The van der Waals surface area contributed by atoms with Crippen LogP contribution in [0.25, 0.3) is 11.1 Å².